The molecule has 0 heterocycles. The van der Waals surface area contributed by atoms with Crippen LogP contribution in [0.2, 0.25) is 36.4 Å². The zero-order chi connectivity index (χ0) is 22.2. The number of allylic oxidation sites excluding steroid dienone is 5. The fourth-order valence-corrected chi connectivity index (χ4v) is 40.9. The van der Waals surface area contributed by atoms with Crippen LogP contribution in [0, 0.1) is 0 Å². The Morgan fingerprint density at radius 3 is 1.93 bits per heavy atom. The van der Waals surface area contributed by atoms with Gasteiger partial charge >= 0.3 is 173 Å². The average Bonchev–Trinajstić information content (AvgIpc) is 3.30. The van der Waals surface area contributed by atoms with E-state index < -0.39 is 12.6 Å². The normalized spacial score (nSPS) is 27.9. The molecule has 2 aliphatic carbocycles. The molecular weight excluding hydrogens is 527 g/mol. The van der Waals surface area contributed by atoms with Gasteiger partial charge in [0.15, 0.2) is 0 Å². The summed E-state index contributed by atoms with van der Waals surface area (Å²) in [6.45, 7) is 0. The summed E-state index contributed by atoms with van der Waals surface area (Å²) in [6.07, 6.45) is 16.7. The molecule has 0 aliphatic heterocycles. The first kappa shape index (κ1) is 21.8. The van der Waals surface area contributed by atoms with Gasteiger partial charge in [0.2, 0.25) is 0 Å². The van der Waals surface area contributed by atoms with Crippen LogP contribution in [-0.2, 0) is 22.2 Å². The van der Waals surface area contributed by atoms with Crippen molar-refractivity contribution in [2.45, 2.75) is 52.4 Å². The molecule has 0 aromatic heterocycles. The second kappa shape index (κ2) is 4.01. The zero-order valence-electron chi connectivity index (χ0n) is 20.2. The van der Waals surface area contributed by atoms with Crippen molar-refractivity contribution in [3.8, 4) is 0 Å². The Bertz CT molecular complexity index is 1180. The Hall–Kier alpha value is -1.47. The van der Waals surface area contributed by atoms with E-state index in [0.717, 1.165) is 12.8 Å². The summed E-state index contributed by atoms with van der Waals surface area (Å²) in [6, 6.07) is 20.1. The number of fused-ring (bicyclic) bond motifs is 1. The van der Waals surface area contributed by atoms with Crippen LogP contribution < -0.4 is 0 Å². The minimum atomic E-state index is -5.66. The topological polar surface area (TPSA) is 0 Å². The van der Waals surface area contributed by atoms with Crippen LogP contribution in [-0.4, -0.2) is 0 Å². The third-order valence-corrected chi connectivity index (χ3v) is 56.4. The summed E-state index contributed by atoms with van der Waals surface area (Å²) >= 11 is -5.66. The predicted molar refractivity (Wildman–Crippen MR) is 135 cm³/mol. The van der Waals surface area contributed by atoms with Gasteiger partial charge in [-0.2, -0.15) is 0 Å². The van der Waals surface area contributed by atoms with Crippen molar-refractivity contribution in [3.63, 3.8) is 0 Å². The Labute approximate surface area is 172 Å². The van der Waals surface area contributed by atoms with Crippen LogP contribution in [0.25, 0.3) is 6.08 Å². The third kappa shape index (κ3) is 2.54. The van der Waals surface area contributed by atoms with Crippen molar-refractivity contribution in [1.29, 1.82) is 0 Å². The fraction of sp³-hybridized carbons (Fsp3) is 0.379. The van der Waals surface area contributed by atoms with E-state index in [1.54, 1.807) is 0 Å². The van der Waals surface area contributed by atoms with Crippen molar-refractivity contribution in [2.24, 2.45) is 0 Å². The fourth-order valence-electron chi connectivity index (χ4n) is 7.35. The molecule has 0 bridgehead atoms. The second-order valence-corrected chi connectivity index (χ2v) is 130. The maximum absolute atomic E-state index is 5.66. The van der Waals surface area contributed by atoms with Crippen LogP contribution >= 0.6 is 0 Å². The molecule has 0 spiro atoms. The van der Waals surface area contributed by atoms with Gasteiger partial charge in [-0.25, -0.2) is 0 Å². The zero-order valence-corrected chi connectivity index (χ0v) is 23.7. The molecule has 0 saturated carbocycles. The first-order valence-corrected chi connectivity index (χ1v) is 40.8. The van der Waals surface area contributed by atoms with E-state index in [9.17, 15) is 0 Å². The van der Waals surface area contributed by atoms with E-state index in [1.165, 1.54) is 16.7 Å². The molecule has 2 aromatic rings. The van der Waals surface area contributed by atoms with Crippen LogP contribution in [0.15, 0.2) is 85.0 Å². The molecule has 1 atom stereocenters. The first-order valence-electron chi connectivity index (χ1n) is 11.8. The van der Waals surface area contributed by atoms with E-state index in [-0.39, 0.29) is 3.17 Å². The van der Waals surface area contributed by atoms with Crippen molar-refractivity contribution in [2.75, 3.05) is 0 Å². The maximum atomic E-state index is 2.71. The van der Waals surface area contributed by atoms with Gasteiger partial charge in [0, 0.05) is 0 Å². The molecule has 0 N–H and O–H groups in total. The van der Waals surface area contributed by atoms with Crippen LogP contribution in [0.3, 0.4) is 0 Å². The summed E-state index contributed by atoms with van der Waals surface area (Å²) in [4.78, 5) is 0. The Kier molecular flexibility index (Phi) is 2.91. The number of benzene rings is 2. The Morgan fingerprint density at radius 2 is 1.30 bits per heavy atom. The first-order chi connectivity index (χ1) is 13.3. The van der Waals surface area contributed by atoms with Gasteiger partial charge in [0.05, 0.1) is 0 Å². The van der Waals surface area contributed by atoms with Gasteiger partial charge in [-0.1, -0.05) is 0 Å². The molecule has 1 unspecified atom stereocenters. The second-order valence-electron chi connectivity index (χ2n) is 20.6. The molecule has 2 aromatic carbocycles. The molecule has 161 valence electrons. The van der Waals surface area contributed by atoms with Gasteiger partial charge in [0.1, 0.15) is 0 Å². The molecular formula is C29H41Hf. The number of aryl methyl sites for hydroxylation is 1. The monoisotopic (exact) mass is 569 g/mol. The summed E-state index contributed by atoms with van der Waals surface area (Å²) in [7, 11) is 0. The Morgan fingerprint density at radius 1 is 0.733 bits per heavy atom. The minimum absolute atomic E-state index is 0.0856. The van der Waals surface area contributed by atoms with Crippen LogP contribution in [0.4, 0.5) is 0 Å². The summed E-state index contributed by atoms with van der Waals surface area (Å²) in [5.74, 6) is 0. The predicted octanol–water partition coefficient (Wildman–Crippen LogP) is 9.63. The van der Waals surface area contributed by atoms with E-state index in [0.29, 0.717) is 3.67 Å². The van der Waals surface area contributed by atoms with Crippen molar-refractivity contribution in [3.05, 3.63) is 102 Å². The molecule has 30 heavy (non-hydrogen) atoms. The summed E-state index contributed by atoms with van der Waals surface area (Å²) in [5, 5.41) is 0. The molecule has 1 heteroatoms. The van der Waals surface area contributed by atoms with Crippen molar-refractivity contribution >= 4 is 6.08 Å². The van der Waals surface area contributed by atoms with Gasteiger partial charge in [-0.3, -0.25) is 0 Å². The molecule has 0 radical (unpaired) electrons. The summed E-state index contributed by atoms with van der Waals surface area (Å²) < 4.78 is 19.3. The quantitative estimate of drug-likeness (QED) is 0.315. The van der Waals surface area contributed by atoms with Gasteiger partial charge in [-0.05, 0) is 0 Å². The summed E-state index contributed by atoms with van der Waals surface area (Å²) in [5.41, 5.74) is 4.31. The van der Waals surface area contributed by atoms with Crippen molar-refractivity contribution in [1.82, 2.24) is 0 Å². The molecule has 4 rings (SSSR count). The standard InChI is InChI=1S/C17H15.C5H5.7CH3.Hf/c1-2-6-14(7-3-1)10-11-16-13-12-15-8-4-5-9-17(15)16;1-2-4-5-3-1;;;;;;;;/h1-9,12-13H,10-11H2;1-5H;7*1H3;. The molecule has 0 saturated heterocycles. The van der Waals surface area contributed by atoms with Crippen LogP contribution in [0.5, 0.6) is 0 Å². The molecule has 0 fully saturated rings. The number of hydrogen-bond acceptors (Lipinski definition) is 0. The van der Waals surface area contributed by atoms with E-state index in [1.807, 2.05) is 0 Å². The Balaban J connectivity index is 2.12. The van der Waals surface area contributed by atoms with Gasteiger partial charge in [-0.15, -0.1) is 0 Å². The van der Waals surface area contributed by atoms with Crippen molar-refractivity contribution < 1.29 is 12.6 Å². The van der Waals surface area contributed by atoms with E-state index >= 15 is 0 Å². The van der Waals surface area contributed by atoms with Gasteiger partial charge in [0.25, 0.3) is 0 Å². The van der Waals surface area contributed by atoms with E-state index in [4.69, 9.17) is 0 Å². The average molecular weight is 568 g/mol. The van der Waals surface area contributed by atoms with Gasteiger partial charge < -0.3 is 0 Å². The van der Waals surface area contributed by atoms with E-state index in [2.05, 4.69) is 124 Å². The molecule has 0 amide bonds. The molecule has 0 nitrogen and oxygen atoms in total. The third-order valence-electron chi connectivity index (χ3n) is 10.3. The SMILES string of the molecule is [CH3][Hf]([CH3])([CH3])([CH3])([CH3])([CH3])([CH3])([CH]1C=CC=C1)[C]1(CCc2ccccc2)C=Cc2ccccc21. The number of hydrogen-bond donors (Lipinski definition) is 0. The number of rotatable bonds is 5. The van der Waals surface area contributed by atoms with Crippen LogP contribution in [0.1, 0.15) is 23.1 Å². The molecule has 2 aliphatic rings.